The smallest absolute Gasteiger partial charge is 0.233 e. The van der Waals surface area contributed by atoms with Gasteiger partial charge < -0.3 is 14.4 Å². The van der Waals surface area contributed by atoms with Crippen LogP contribution < -0.4 is 14.4 Å². The van der Waals surface area contributed by atoms with Crippen molar-refractivity contribution in [3.8, 4) is 11.5 Å². The first kappa shape index (κ1) is 18.0. The van der Waals surface area contributed by atoms with Gasteiger partial charge in [0.25, 0.3) is 0 Å². The van der Waals surface area contributed by atoms with E-state index < -0.39 is 5.54 Å². The third kappa shape index (κ3) is 2.83. The van der Waals surface area contributed by atoms with Crippen LogP contribution in [0.25, 0.3) is 0 Å². The Labute approximate surface area is 154 Å². The van der Waals surface area contributed by atoms with Gasteiger partial charge in [0.15, 0.2) is 0 Å². The molecule has 2 aromatic carbocycles. The van der Waals surface area contributed by atoms with Crippen LogP contribution in [0.3, 0.4) is 0 Å². The highest BCUT2D eigenvalue weighted by Gasteiger charge is 2.56. The highest BCUT2D eigenvalue weighted by Crippen LogP contribution is 2.43. The predicted octanol–water partition coefficient (Wildman–Crippen LogP) is 4.24. The molecule has 0 bridgehead atoms. The second kappa shape index (κ2) is 6.83. The summed E-state index contributed by atoms with van der Waals surface area (Å²) in [7, 11) is 3.26. The average Bonchev–Trinajstić information content (AvgIpc) is 2.68. The van der Waals surface area contributed by atoms with Crippen LogP contribution in [0.5, 0.6) is 11.5 Å². The number of nitrogens with zero attached hydrogens (tertiary/aromatic N) is 2. The number of amides is 1. The molecule has 136 valence electrons. The summed E-state index contributed by atoms with van der Waals surface area (Å²) in [6.07, 6.45) is 0. The highest BCUT2D eigenvalue weighted by atomic mass is 16.5. The van der Waals surface area contributed by atoms with Crippen molar-refractivity contribution in [2.75, 3.05) is 19.1 Å². The van der Waals surface area contributed by atoms with Crippen LogP contribution in [-0.4, -0.2) is 31.4 Å². The fourth-order valence-corrected chi connectivity index (χ4v) is 3.36. The summed E-state index contributed by atoms with van der Waals surface area (Å²) in [5, 5.41) is 0. The summed E-state index contributed by atoms with van der Waals surface area (Å²) in [6.45, 7) is 5.99. The molecule has 5 nitrogen and oxygen atoms in total. The van der Waals surface area contributed by atoms with Crippen LogP contribution in [0.15, 0.2) is 53.5 Å². The second-order valence-corrected chi connectivity index (χ2v) is 6.64. The summed E-state index contributed by atoms with van der Waals surface area (Å²) < 4.78 is 10.4. The minimum atomic E-state index is -0.467. The largest absolute Gasteiger partial charge is 0.497 e. The zero-order valence-corrected chi connectivity index (χ0v) is 15.8. The number of methoxy groups -OCH3 is 2. The van der Waals surface area contributed by atoms with Crippen LogP contribution in [0, 0.1) is 5.92 Å². The molecule has 3 rings (SSSR count). The van der Waals surface area contributed by atoms with E-state index in [1.54, 1.807) is 14.2 Å². The van der Waals surface area contributed by atoms with Gasteiger partial charge in [-0.3, -0.25) is 9.79 Å². The Kier molecular flexibility index (Phi) is 4.72. The molecule has 26 heavy (non-hydrogen) atoms. The van der Waals surface area contributed by atoms with Crippen molar-refractivity contribution in [3.63, 3.8) is 0 Å². The average molecular weight is 352 g/mol. The van der Waals surface area contributed by atoms with E-state index in [9.17, 15) is 4.79 Å². The van der Waals surface area contributed by atoms with Gasteiger partial charge in [-0.05, 0) is 62.4 Å². The summed E-state index contributed by atoms with van der Waals surface area (Å²) in [4.78, 5) is 19.2. The van der Waals surface area contributed by atoms with E-state index in [-0.39, 0.29) is 11.8 Å². The molecule has 0 saturated carbocycles. The van der Waals surface area contributed by atoms with E-state index in [0.717, 1.165) is 28.6 Å². The zero-order valence-electron chi connectivity index (χ0n) is 15.8. The minimum absolute atomic E-state index is 0.0990. The van der Waals surface area contributed by atoms with E-state index in [0.29, 0.717) is 0 Å². The van der Waals surface area contributed by atoms with Gasteiger partial charge in [0.2, 0.25) is 5.91 Å². The highest BCUT2D eigenvalue weighted by molar-refractivity contribution is 6.16. The maximum Gasteiger partial charge on any atom is 0.233 e. The van der Waals surface area contributed by atoms with Crippen LogP contribution in [0.4, 0.5) is 11.4 Å². The Morgan fingerprint density at radius 2 is 1.50 bits per heavy atom. The van der Waals surface area contributed by atoms with Crippen LogP contribution >= 0.6 is 0 Å². The lowest BCUT2D eigenvalue weighted by molar-refractivity contribution is -0.130. The summed E-state index contributed by atoms with van der Waals surface area (Å²) in [5.41, 5.74) is 2.11. The molecule has 0 radical (unpaired) electrons. The number of hydrogen-bond acceptors (Lipinski definition) is 4. The van der Waals surface area contributed by atoms with Gasteiger partial charge in [0, 0.05) is 11.4 Å². The molecular weight excluding hydrogens is 328 g/mol. The third-order valence-corrected chi connectivity index (χ3v) is 5.33. The van der Waals surface area contributed by atoms with Gasteiger partial charge in [-0.15, -0.1) is 0 Å². The SMILES string of the molecule is COc1ccc(N=C(C)C2(C)C(C)C(=O)N2c2ccc(OC)cc2)cc1. The van der Waals surface area contributed by atoms with Gasteiger partial charge in [-0.25, -0.2) is 0 Å². The molecular formula is C21H24N2O3. The number of anilines is 1. The van der Waals surface area contributed by atoms with Crippen molar-refractivity contribution in [2.45, 2.75) is 26.3 Å². The number of benzene rings is 2. The van der Waals surface area contributed by atoms with Crippen molar-refractivity contribution in [1.29, 1.82) is 0 Å². The molecule has 2 atom stereocenters. The van der Waals surface area contributed by atoms with Crippen molar-refractivity contribution in [1.82, 2.24) is 0 Å². The molecule has 1 heterocycles. The van der Waals surface area contributed by atoms with E-state index in [2.05, 4.69) is 6.92 Å². The Bertz CT molecular complexity index is 827. The Balaban J connectivity index is 1.93. The first-order chi connectivity index (χ1) is 12.4. The molecule has 1 amide bonds. The van der Waals surface area contributed by atoms with E-state index in [4.69, 9.17) is 14.5 Å². The van der Waals surface area contributed by atoms with Crippen molar-refractivity contribution < 1.29 is 14.3 Å². The van der Waals surface area contributed by atoms with Crippen LogP contribution in [0.1, 0.15) is 20.8 Å². The van der Waals surface area contributed by atoms with Crippen molar-refractivity contribution in [3.05, 3.63) is 48.5 Å². The number of hydrogen-bond donors (Lipinski definition) is 0. The topological polar surface area (TPSA) is 51.1 Å². The molecule has 0 spiro atoms. The first-order valence-electron chi connectivity index (χ1n) is 8.59. The predicted molar refractivity (Wildman–Crippen MR) is 104 cm³/mol. The van der Waals surface area contributed by atoms with Crippen LogP contribution in [0.2, 0.25) is 0 Å². The number of ether oxygens (including phenoxy) is 2. The van der Waals surface area contributed by atoms with Gasteiger partial charge in [-0.1, -0.05) is 6.92 Å². The molecule has 0 aliphatic carbocycles. The molecule has 1 aliphatic rings. The van der Waals surface area contributed by atoms with Crippen molar-refractivity contribution >= 4 is 23.0 Å². The number of rotatable bonds is 5. The number of carbonyl (C=O) groups is 1. The van der Waals surface area contributed by atoms with Gasteiger partial charge >= 0.3 is 0 Å². The molecule has 2 aromatic rings. The van der Waals surface area contributed by atoms with E-state index in [1.165, 1.54) is 0 Å². The normalized spacial score (nSPS) is 22.8. The fourth-order valence-electron chi connectivity index (χ4n) is 3.36. The Morgan fingerprint density at radius 1 is 1.00 bits per heavy atom. The summed E-state index contributed by atoms with van der Waals surface area (Å²) in [6, 6.07) is 15.1. The second-order valence-electron chi connectivity index (χ2n) is 6.64. The number of aliphatic imine (C=N–C) groups is 1. The lowest BCUT2D eigenvalue weighted by Crippen LogP contribution is -2.72. The maximum atomic E-state index is 12.6. The first-order valence-corrected chi connectivity index (χ1v) is 8.59. The summed E-state index contributed by atoms with van der Waals surface area (Å²) in [5.74, 6) is 1.52. The maximum absolute atomic E-state index is 12.6. The lowest BCUT2D eigenvalue weighted by Gasteiger charge is -2.54. The van der Waals surface area contributed by atoms with Gasteiger partial charge in [-0.2, -0.15) is 0 Å². The summed E-state index contributed by atoms with van der Waals surface area (Å²) >= 11 is 0. The molecule has 0 N–H and O–H groups in total. The zero-order chi connectivity index (χ0) is 18.9. The molecule has 1 fully saturated rings. The molecule has 1 saturated heterocycles. The van der Waals surface area contributed by atoms with Crippen molar-refractivity contribution in [2.24, 2.45) is 10.9 Å². The van der Waals surface area contributed by atoms with E-state index in [1.807, 2.05) is 67.3 Å². The molecule has 0 aromatic heterocycles. The molecule has 1 aliphatic heterocycles. The molecule has 5 heteroatoms. The third-order valence-electron chi connectivity index (χ3n) is 5.33. The standard InChI is InChI=1S/C21H24N2O3/c1-14-20(24)23(17-8-12-19(26-5)13-9-17)21(14,3)15(2)22-16-6-10-18(25-4)11-7-16/h6-14H,1-5H3. The number of β-lactam (4-membered cyclic amide) rings is 1. The van der Waals surface area contributed by atoms with Crippen LogP contribution in [-0.2, 0) is 4.79 Å². The monoisotopic (exact) mass is 352 g/mol. The van der Waals surface area contributed by atoms with E-state index >= 15 is 0 Å². The lowest BCUT2D eigenvalue weighted by atomic mass is 9.72. The van der Waals surface area contributed by atoms with Gasteiger partial charge in [0.1, 0.15) is 11.5 Å². The minimum Gasteiger partial charge on any atom is -0.497 e. The fraction of sp³-hybridized carbons (Fsp3) is 0.333. The quantitative estimate of drug-likeness (QED) is 0.597. The molecule has 2 unspecified atom stereocenters. The Hall–Kier alpha value is -2.82. The Morgan fingerprint density at radius 3 is 2.00 bits per heavy atom. The number of carbonyl (C=O) groups excluding carboxylic acids is 1. The van der Waals surface area contributed by atoms with Gasteiger partial charge in [0.05, 0.1) is 31.4 Å².